The van der Waals surface area contributed by atoms with Gasteiger partial charge in [0.05, 0.1) is 18.6 Å². The van der Waals surface area contributed by atoms with Gasteiger partial charge in [-0.3, -0.25) is 4.18 Å². The van der Waals surface area contributed by atoms with Crippen molar-refractivity contribution >= 4 is 10.1 Å². The molecule has 0 N–H and O–H groups in total. The second kappa shape index (κ2) is 5.32. The molecular weight excluding hydrogens is 228 g/mol. The zero-order valence-corrected chi connectivity index (χ0v) is 10.5. The van der Waals surface area contributed by atoms with Gasteiger partial charge in [0.25, 0.3) is 10.1 Å². The molecule has 5 heteroatoms. The van der Waals surface area contributed by atoms with Gasteiger partial charge in [0.15, 0.2) is 0 Å². The van der Waals surface area contributed by atoms with Crippen LogP contribution in [0.2, 0.25) is 0 Å². The van der Waals surface area contributed by atoms with E-state index in [9.17, 15) is 8.42 Å². The van der Waals surface area contributed by atoms with Gasteiger partial charge in [-0.2, -0.15) is 8.42 Å². The molecule has 0 heterocycles. The molecule has 90 valence electrons. The SMILES string of the molecule is COc1ccc(S(=O)(=O)OCC(C)C)cc1. The molecule has 0 bridgehead atoms. The van der Waals surface area contributed by atoms with Crippen molar-refractivity contribution in [2.45, 2.75) is 18.7 Å². The molecule has 0 aliphatic rings. The van der Waals surface area contributed by atoms with E-state index in [0.717, 1.165) is 0 Å². The minimum absolute atomic E-state index is 0.147. The maximum Gasteiger partial charge on any atom is 0.296 e. The molecule has 1 rings (SSSR count). The Bertz CT molecular complexity index is 420. The molecular formula is C11H16O4S. The maximum atomic E-state index is 11.7. The normalized spacial score (nSPS) is 11.8. The second-order valence-electron chi connectivity index (χ2n) is 3.81. The molecule has 0 fully saturated rings. The van der Waals surface area contributed by atoms with Gasteiger partial charge in [-0.15, -0.1) is 0 Å². The lowest BCUT2D eigenvalue weighted by Crippen LogP contribution is -2.10. The van der Waals surface area contributed by atoms with Crippen LogP contribution in [-0.2, 0) is 14.3 Å². The first-order chi connectivity index (χ1) is 7.45. The summed E-state index contributed by atoms with van der Waals surface area (Å²) in [6, 6.07) is 6.11. The molecule has 0 aliphatic carbocycles. The molecule has 1 aromatic carbocycles. The largest absolute Gasteiger partial charge is 0.497 e. The molecule has 0 unspecified atom stereocenters. The van der Waals surface area contributed by atoms with Gasteiger partial charge in [-0.1, -0.05) is 13.8 Å². The van der Waals surface area contributed by atoms with Crippen molar-refractivity contribution in [2.24, 2.45) is 5.92 Å². The Hall–Kier alpha value is -1.07. The smallest absolute Gasteiger partial charge is 0.296 e. The van der Waals surface area contributed by atoms with Crippen LogP contribution in [0.25, 0.3) is 0 Å². The van der Waals surface area contributed by atoms with E-state index >= 15 is 0 Å². The number of rotatable bonds is 5. The van der Waals surface area contributed by atoms with Crippen LogP contribution in [0, 0.1) is 5.92 Å². The average molecular weight is 244 g/mol. The van der Waals surface area contributed by atoms with E-state index in [1.165, 1.54) is 19.2 Å². The van der Waals surface area contributed by atoms with Gasteiger partial charge in [0.2, 0.25) is 0 Å². The maximum absolute atomic E-state index is 11.7. The second-order valence-corrected chi connectivity index (χ2v) is 5.42. The van der Waals surface area contributed by atoms with Crippen molar-refractivity contribution in [2.75, 3.05) is 13.7 Å². The molecule has 0 aliphatic heterocycles. The van der Waals surface area contributed by atoms with Crippen LogP contribution in [0.4, 0.5) is 0 Å². The minimum atomic E-state index is -3.64. The Labute approximate surface area is 96.3 Å². The van der Waals surface area contributed by atoms with Crippen LogP contribution in [0.15, 0.2) is 29.2 Å². The third kappa shape index (κ3) is 3.50. The summed E-state index contributed by atoms with van der Waals surface area (Å²) in [5.74, 6) is 0.788. The lowest BCUT2D eigenvalue weighted by atomic mass is 10.2. The van der Waals surface area contributed by atoms with Crippen molar-refractivity contribution in [3.8, 4) is 5.75 Å². The van der Waals surface area contributed by atoms with Crippen LogP contribution >= 0.6 is 0 Å². The first kappa shape index (κ1) is 13.0. The quantitative estimate of drug-likeness (QED) is 0.744. The summed E-state index contributed by atoms with van der Waals surface area (Å²) < 4.78 is 33.2. The number of hydrogen-bond acceptors (Lipinski definition) is 4. The standard InChI is InChI=1S/C11H16O4S/c1-9(2)8-15-16(12,13)11-6-4-10(14-3)5-7-11/h4-7,9H,8H2,1-3H3. The van der Waals surface area contributed by atoms with Crippen LogP contribution in [0.1, 0.15) is 13.8 Å². The van der Waals surface area contributed by atoms with Crippen LogP contribution in [-0.4, -0.2) is 22.1 Å². The molecule has 0 saturated heterocycles. The predicted molar refractivity (Wildman–Crippen MR) is 61.0 cm³/mol. The summed E-state index contributed by atoms with van der Waals surface area (Å²) in [5.41, 5.74) is 0. The van der Waals surface area contributed by atoms with Gasteiger partial charge >= 0.3 is 0 Å². The van der Waals surface area contributed by atoms with Crippen LogP contribution in [0.3, 0.4) is 0 Å². The Kier molecular flexibility index (Phi) is 4.32. The van der Waals surface area contributed by atoms with Gasteiger partial charge in [0, 0.05) is 0 Å². The van der Waals surface area contributed by atoms with Crippen molar-refractivity contribution in [3.63, 3.8) is 0 Å². The molecule has 4 nitrogen and oxygen atoms in total. The predicted octanol–water partition coefficient (Wildman–Crippen LogP) is 2.06. The Morgan fingerprint density at radius 2 is 1.75 bits per heavy atom. The highest BCUT2D eigenvalue weighted by Crippen LogP contribution is 2.17. The number of hydrogen-bond donors (Lipinski definition) is 0. The molecule has 1 aromatic rings. The van der Waals surface area contributed by atoms with E-state index in [1.54, 1.807) is 12.1 Å². The summed E-state index contributed by atoms with van der Waals surface area (Å²) in [4.78, 5) is 0.147. The minimum Gasteiger partial charge on any atom is -0.497 e. The van der Waals surface area contributed by atoms with E-state index in [2.05, 4.69) is 0 Å². The molecule has 0 atom stereocenters. The summed E-state index contributed by atoms with van der Waals surface area (Å²) in [5, 5.41) is 0. The molecule has 0 saturated carbocycles. The fourth-order valence-corrected chi connectivity index (χ4v) is 2.09. The zero-order valence-electron chi connectivity index (χ0n) is 9.64. The van der Waals surface area contributed by atoms with Gasteiger partial charge in [0.1, 0.15) is 5.75 Å². The van der Waals surface area contributed by atoms with E-state index in [4.69, 9.17) is 8.92 Å². The summed E-state index contributed by atoms with van der Waals surface area (Å²) in [6.07, 6.45) is 0. The van der Waals surface area contributed by atoms with Crippen LogP contribution < -0.4 is 4.74 Å². The van der Waals surface area contributed by atoms with E-state index in [-0.39, 0.29) is 17.4 Å². The highest BCUT2D eigenvalue weighted by molar-refractivity contribution is 7.86. The number of methoxy groups -OCH3 is 1. The summed E-state index contributed by atoms with van der Waals surface area (Å²) >= 11 is 0. The van der Waals surface area contributed by atoms with Crippen molar-refractivity contribution in [1.29, 1.82) is 0 Å². The van der Waals surface area contributed by atoms with Crippen molar-refractivity contribution in [1.82, 2.24) is 0 Å². The summed E-state index contributed by atoms with van der Waals surface area (Å²) in [7, 11) is -2.11. The van der Waals surface area contributed by atoms with E-state index < -0.39 is 10.1 Å². The highest BCUT2D eigenvalue weighted by Gasteiger charge is 2.15. The van der Waals surface area contributed by atoms with Crippen LogP contribution in [0.5, 0.6) is 5.75 Å². The lowest BCUT2D eigenvalue weighted by molar-refractivity contribution is 0.275. The third-order valence-electron chi connectivity index (χ3n) is 1.90. The molecule has 0 aromatic heterocycles. The summed E-state index contributed by atoms with van der Waals surface area (Å²) in [6.45, 7) is 3.97. The fourth-order valence-electron chi connectivity index (χ4n) is 1.04. The Morgan fingerprint density at radius 1 is 1.19 bits per heavy atom. The zero-order chi connectivity index (χ0) is 12.2. The lowest BCUT2D eigenvalue weighted by Gasteiger charge is -2.08. The number of ether oxygens (including phenoxy) is 1. The highest BCUT2D eigenvalue weighted by atomic mass is 32.2. The topological polar surface area (TPSA) is 52.6 Å². The molecule has 0 amide bonds. The van der Waals surface area contributed by atoms with E-state index in [1.807, 2.05) is 13.8 Å². The van der Waals surface area contributed by atoms with Gasteiger partial charge in [-0.25, -0.2) is 0 Å². The fraction of sp³-hybridized carbons (Fsp3) is 0.455. The molecule has 0 radical (unpaired) electrons. The van der Waals surface area contributed by atoms with Gasteiger partial charge in [-0.05, 0) is 30.2 Å². The first-order valence-electron chi connectivity index (χ1n) is 4.99. The number of benzene rings is 1. The Balaban J connectivity index is 2.82. The van der Waals surface area contributed by atoms with Crippen molar-refractivity contribution < 1.29 is 17.3 Å². The molecule has 0 spiro atoms. The Morgan fingerprint density at radius 3 is 2.19 bits per heavy atom. The monoisotopic (exact) mass is 244 g/mol. The molecule has 16 heavy (non-hydrogen) atoms. The van der Waals surface area contributed by atoms with Crippen molar-refractivity contribution in [3.05, 3.63) is 24.3 Å². The first-order valence-corrected chi connectivity index (χ1v) is 6.40. The van der Waals surface area contributed by atoms with Gasteiger partial charge < -0.3 is 4.74 Å². The average Bonchev–Trinajstić information content (AvgIpc) is 2.27. The third-order valence-corrected chi connectivity index (χ3v) is 3.20. The van der Waals surface area contributed by atoms with E-state index in [0.29, 0.717) is 5.75 Å².